The van der Waals surface area contributed by atoms with E-state index in [0.717, 1.165) is 44.9 Å². The van der Waals surface area contributed by atoms with Crippen LogP contribution in [-0.4, -0.2) is 18.0 Å². The molecule has 2 fully saturated rings. The number of nitrogens with one attached hydrogen (secondary N) is 1. The first kappa shape index (κ1) is 16.8. The van der Waals surface area contributed by atoms with Crippen LogP contribution in [0, 0.1) is 11.3 Å². The number of amides is 1. The SMILES string of the molecule is CC(C)CC1(C(=O)NC2CCC(N)CC2)CCC1.Cl. The van der Waals surface area contributed by atoms with Crippen LogP contribution in [0.25, 0.3) is 0 Å². The van der Waals surface area contributed by atoms with Crippen molar-refractivity contribution in [3.8, 4) is 0 Å². The molecule has 0 aromatic rings. The van der Waals surface area contributed by atoms with Crippen LogP contribution in [0.1, 0.15) is 65.2 Å². The van der Waals surface area contributed by atoms with Crippen molar-refractivity contribution in [3.63, 3.8) is 0 Å². The molecule has 3 N–H and O–H groups in total. The Labute approximate surface area is 123 Å². The fourth-order valence-corrected chi connectivity index (χ4v) is 3.51. The Morgan fingerprint density at radius 1 is 1.26 bits per heavy atom. The second-order valence-electron chi connectivity index (χ2n) is 6.82. The molecule has 0 bridgehead atoms. The summed E-state index contributed by atoms with van der Waals surface area (Å²) in [6.07, 6.45) is 8.67. The van der Waals surface area contributed by atoms with E-state index in [0.29, 0.717) is 23.9 Å². The molecule has 112 valence electrons. The molecule has 19 heavy (non-hydrogen) atoms. The van der Waals surface area contributed by atoms with Gasteiger partial charge in [0.05, 0.1) is 0 Å². The quantitative estimate of drug-likeness (QED) is 0.835. The van der Waals surface area contributed by atoms with Crippen LogP contribution in [0.15, 0.2) is 0 Å². The maximum Gasteiger partial charge on any atom is 0.226 e. The van der Waals surface area contributed by atoms with Gasteiger partial charge in [0.1, 0.15) is 0 Å². The van der Waals surface area contributed by atoms with Crippen molar-refractivity contribution < 1.29 is 4.79 Å². The summed E-state index contributed by atoms with van der Waals surface area (Å²) in [6, 6.07) is 0.730. The van der Waals surface area contributed by atoms with Gasteiger partial charge in [-0.25, -0.2) is 0 Å². The summed E-state index contributed by atoms with van der Waals surface area (Å²) in [6.45, 7) is 4.43. The minimum Gasteiger partial charge on any atom is -0.353 e. The van der Waals surface area contributed by atoms with Crippen LogP contribution in [0.3, 0.4) is 0 Å². The maximum atomic E-state index is 12.5. The van der Waals surface area contributed by atoms with E-state index in [1.807, 2.05) is 0 Å². The molecule has 0 radical (unpaired) electrons. The van der Waals surface area contributed by atoms with Crippen LogP contribution in [0.2, 0.25) is 0 Å². The first-order valence-electron chi connectivity index (χ1n) is 7.58. The third kappa shape index (κ3) is 4.09. The van der Waals surface area contributed by atoms with E-state index in [9.17, 15) is 4.79 Å². The zero-order chi connectivity index (χ0) is 13.2. The van der Waals surface area contributed by atoms with E-state index in [-0.39, 0.29) is 17.8 Å². The molecule has 0 saturated heterocycles. The molecule has 2 aliphatic carbocycles. The third-order valence-electron chi connectivity index (χ3n) is 4.70. The number of rotatable bonds is 4. The van der Waals surface area contributed by atoms with Crippen molar-refractivity contribution in [2.45, 2.75) is 77.3 Å². The van der Waals surface area contributed by atoms with E-state index in [1.54, 1.807) is 0 Å². The van der Waals surface area contributed by atoms with Gasteiger partial charge in [0.15, 0.2) is 0 Å². The monoisotopic (exact) mass is 288 g/mol. The summed E-state index contributed by atoms with van der Waals surface area (Å²) >= 11 is 0. The van der Waals surface area contributed by atoms with Crippen LogP contribution in [0.5, 0.6) is 0 Å². The lowest BCUT2D eigenvalue weighted by molar-refractivity contribution is -0.138. The first-order chi connectivity index (χ1) is 8.52. The van der Waals surface area contributed by atoms with E-state index in [1.165, 1.54) is 6.42 Å². The molecule has 0 spiro atoms. The Kier molecular flexibility index (Phi) is 6.13. The highest BCUT2D eigenvalue weighted by Gasteiger charge is 2.44. The number of nitrogens with two attached hydrogens (primary N) is 1. The highest BCUT2D eigenvalue weighted by Crippen LogP contribution is 2.46. The third-order valence-corrected chi connectivity index (χ3v) is 4.70. The summed E-state index contributed by atoms with van der Waals surface area (Å²) in [5.74, 6) is 0.929. The molecule has 4 heteroatoms. The topological polar surface area (TPSA) is 55.1 Å². The highest BCUT2D eigenvalue weighted by atomic mass is 35.5. The highest BCUT2D eigenvalue weighted by molar-refractivity contribution is 5.85. The molecule has 0 unspecified atom stereocenters. The zero-order valence-electron chi connectivity index (χ0n) is 12.3. The summed E-state index contributed by atoms with van der Waals surface area (Å²) in [5.41, 5.74) is 5.87. The summed E-state index contributed by atoms with van der Waals surface area (Å²) in [4.78, 5) is 12.5. The number of hydrogen-bond acceptors (Lipinski definition) is 2. The molecule has 2 saturated carbocycles. The lowest BCUT2D eigenvalue weighted by Gasteiger charge is -2.43. The fraction of sp³-hybridized carbons (Fsp3) is 0.933. The average molecular weight is 289 g/mol. The zero-order valence-corrected chi connectivity index (χ0v) is 13.1. The van der Waals surface area contributed by atoms with E-state index >= 15 is 0 Å². The summed E-state index contributed by atoms with van der Waals surface area (Å²) in [5, 5.41) is 3.29. The molecular formula is C15H29ClN2O. The molecule has 3 nitrogen and oxygen atoms in total. The lowest BCUT2D eigenvalue weighted by Crippen LogP contribution is -2.51. The predicted octanol–water partition coefficient (Wildman–Crippen LogP) is 3.01. The minimum atomic E-state index is -0.0340. The van der Waals surface area contributed by atoms with Crippen molar-refractivity contribution in [1.82, 2.24) is 5.32 Å². The van der Waals surface area contributed by atoms with Gasteiger partial charge in [-0.05, 0) is 50.9 Å². The van der Waals surface area contributed by atoms with Gasteiger partial charge in [0.25, 0.3) is 0 Å². The van der Waals surface area contributed by atoms with Gasteiger partial charge < -0.3 is 11.1 Å². The Balaban J connectivity index is 0.00000180. The summed E-state index contributed by atoms with van der Waals surface area (Å²) < 4.78 is 0. The van der Waals surface area contributed by atoms with Crippen LogP contribution < -0.4 is 11.1 Å². The maximum absolute atomic E-state index is 12.5. The molecule has 0 aromatic heterocycles. The normalized spacial score (nSPS) is 29.3. The Morgan fingerprint density at radius 3 is 2.26 bits per heavy atom. The van der Waals surface area contributed by atoms with Crippen LogP contribution in [0.4, 0.5) is 0 Å². The van der Waals surface area contributed by atoms with Gasteiger partial charge in [-0.1, -0.05) is 20.3 Å². The second-order valence-corrected chi connectivity index (χ2v) is 6.82. The Bertz CT molecular complexity index is 295. The van der Waals surface area contributed by atoms with Gasteiger partial charge in [-0.3, -0.25) is 4.79 Å². The van der Waals surface area contributed by atoms with Crippen molar-refractivity contribution in [1.29, 1.82) is 0 Å². The van der Waals surface area contributed by atoms with Gasteiger partial charge >= 0.3 is 0 Å². The second kappa shape index (κ2) is 6.94. The molecule has 0 heterocycles. The number of halogens is 1. The number of carbonyl (C=O) groups excluding carboxylic acids is 1. The molecule has 2 aliphatic rings. The molecule has 0 aromatic carbocycles. The lowest BCUT2D eigenvalue weighted by atomic mass is 9.64. The molecule has 1 amide bonds. The van der Waals surface area contributed by atoms with Crippen LogP contribution in [-0.2, 0) is 4.79 Å². The van der Waals surface area contributed by atoms with Crippen molar-refractivity contribution in [2.75, 3.05) is 0 Å². The van der Waals surface area contributed by atoms with Crippen molar-refractivity contribution in [3.05, 3.63) is 0 Å². The van der Waals surface area contributed by atoms with Crippen molar-refractivity contribution in [2.24, 2.45) is 17.1 Å². The minimum absolute atomic E-state index is 0. The molecule has 2 rings (SSSR count). The largest absolute Gasteiger partial charge is 0.353 e. The van der Waals surface area contributed by atoms with E-state index < -0.39 is 0 Å². The van der Waals surface area contributed by atoms with Gasteiger partial charge in [0.2, 0.25) is 5.91 Å². The summed E-state index contributed by atoms with van der Waals surface area (Å²) in [7, 11) is 0. The smallest absolute Gasteiger partial charge is 0.226 e. The Morgan fingerprint density at radius 2 is 1.84 bits per heavy atom. The van der Waals surface area contributed by atoms with Gasteiger partial charge in [-0.2, -0.15) is 0 Å². The van der Waals surface area contributed by atoms with Crippen molar-refractivity contribution >= 4 is 18.3 Å². The van der Waals surface area contributed by atoms with Crippen LogP contribution >= 0.6 is 12.4 Å². The molecule has 0 aliphatic heterocycles. The molecular weight excluding hydrogens is 260 g/mol. The first-order valence-corrected chi connectivity index (χ1v) is 7.58. The molecule has 0 atom stereocenters. The van der Waals surface area contributed by atoms with Gasteiger partial charge in [-0.15, -0.1) is 12.4 Å². The predicted molar refractivity (Wildman–Crippen MR) is 81.4 cm³/mol. The number of carbonyl (C=O) groups is 1. The number of hydrogen-bond donors (Lipinski definition) is 2. The van der Waals surface area contributed by atoms with E-state index in [4.69, 9.17) is 5.73 Å². The van der Waals surface area contributed by atoms with E-state index in [2.05, 4.69) is 19.2 Å². The average Bonchev–Trinajstić information content (AvgIpc) is 2.26. The standard InChI is InChI=1S/C15H28N2O.ClH/c1-11(2)10-15(8-3-9-15)14(18)17-13-6-4-12(16)5-7-13;/h11-13H,3-10,16H2,1-2H3,(H,17,18);1H. The fourth-order valence-electron chi connectivity index (χ4n) is 3.51. The van der Waals surface area contributed by atoms with Gasteiger partial charge in [0, 0.05) is 17.5 Å². The Hall–Kier alpha value is -0.280.